The van der Waals surface area contributed by atoms with E-state index in [4.69, 9.17) is 4.74 Å². The molecule has 1 heteroatoms. The molecule has 1 fully saturated rings. The van der Waals surface area contributed by atoms with Crippen molar-refractivity contribution in [2.45, 2.75) is 46.6 Å². The molecule has 1 heterocycles. The van der Waals surface area contributed by atoms with Gasteiger partial charge in [0.1, 0.15) is 0 Å². The maximum Gasteiger partial charge on any atom is 0.0680 e. The fourth-order valence-electron chi connectivity index (χ4n) is 2.08. The summed E-state index contributed by atoms with van der Waals surface area (Å²) in [5.41, 5.74) is 0.131. The molecule has 0 saturated carbocycles. The summed E-state index contributed by atoms with van der Waals surface area (Å²) in [6.45, 7) is 12.4. The summed E-state index contributed by atoms with van der Waals surface area (Å²) in [6, 6.07) is 0. The van der Waals surface area contributed by atoms with Gasteiger partial charge in [0.15, 0.2) is 0 Å². The van der Waals surface area contributed by atoms with Crippen LogP contribution < -0.4 is 0 Å². The van der Waals surface area contributed by atoms with Gasteiger partial charge in [0.2, 0.25) is 0 Å². The van der Waals surface area contributed by atoms with Crippen LogP contribution in [0.15, 0.2) is 0 Å². The molecule has 4 atom stereocenters. The largest absolute Gasteiger partial charge is 0.375 e. The van der Waals surface area contributed by atoms with Gasteiger partial charge in [0, 0.05) is 0 Å². The second-order valence-corrected chi connectivity index (χ2v) is 4.60. The summed E-state index contributed by atoms with van der Waals surface area (Å²) in [6.07, 6.45) is 1.13. The molecular weight excluding hydrogens is 148 g/mol. The number of ether oxygens (including phenoxy) is 1. The van der Waals surface area contributed by atoms with Crippen molar-refractivity contribution in [3.05, 3.63) is 0 Å². The summed E-state index contributed by atoms with van der Waals surface area (Å²) in [5.74, 6) is 2.20. The Morgan fingerprint density at radius 1 is 1.33 bits per heavy atom. The van der Waals surface area contributed by atoms with E-state index in [2.05, 4.69) is 34.6 Å². The Bertz CT molecular complexity index is 155. The van der Waals surface area contributed by atoms with E-state index in [1.807, 2.05) is 0 Å². The molecule has 1 nitrogen and oxygen atoms in total. The molecule has 1 saturated heterocycles. The second-order valence-electron chi connectivity index (χ2n) is 4.60. The zero-order valence-electron chi connectivity index (χ0n) is 9.05. The lowest BCUT2D eigenvalue weighted by Gasteiger charge is -2.46. The minimum Gasteiger partial charge on any atom is -0.375 e. The Morgan fingerprint density at radius 3 is 2.42 bits per heavy atom. The monoisotopic (exact) mass is 170 g/mol. The minimum atomic E-state index is 0.131. The molecule has 0 aromatic heterocycles. The first-order chi connectivity index (χ1) is 5.51. The third-order valence-corrected chi connectivity index (χ3v) is 4.03. The zero-order valence-corrected chi connectivity index (χ0v) is 9.05. The maximum absolute atomic E-state index is 5.91. The lowest BCUT2D eigenvalue weighted by Crippen LogP contribution is -2.47. The van der Waals surface area contributed by atoms with Gasteiger partial charge in [0.25, 0.3) is 0 Å². The third kappa shape index (κ3) is 1.52. The molecule has 0 aromatic carbocycles. The van der Waals surface area contributed by atoms with Crippen molar-refractivity contribution in [3.63, 3.8) is 0 Å². The van der Waals surface area contributed by atoms with Gasteiger partial charge in [-0.3, -0.25) is 0 Å². The van der Waals surface area contributed by atoms with E-state index < -0.39 is 0 Å². The summed E-state index contributed by atoms with van der Waals surface area (Å²) >= 11 is 0. The van der Waals surface area contributed by atoms with Crippen LogP contribution in [0, 0.1) is 17.8 Å². The Balaban J connectivity index is 2.71. The topological polar surface area (TPSA) is 9.23 Å². The highest BCUT2D eigenvalue weighted by molar-refractivity contribution is 4.88. The van der Waals surface area contributed by atoms with Crippen molar-refractivity contribution >= 4 is 0 Å². The van der Waals surface area contributed by atoms with Crippen LogP contribution in [0.25, 0.3) is 0 Å². The molecular formula is C11H22O. The molecule has 0 amide bonds. The highest BCUT2D eigenvalue weighted by atomic mass is 16.5. The summed E-state index contributed by atoms with van der Waals surface area (Å²) < 4.78 is 5.91. The second kappa shape index (κ2) is 3.37. The van der Waals surface area contributed by atoms with Crippen molar-refractivity contribution in [3.8, 4) is 0 Å². The van der Waals surface area contributed by atoms with Crippen LogP contribution in [0.3, 0.4) is 0 Å². The average Bonchev–Trinajstić information content (AvgIpc) is 2.09. The third-order valence-electron chi connectivity index (χ3n) is 4.03. The van der Waals surface area contributed by atoms with E-state index in [0.29, 0.717) is 5.92 Å². The van der Waals surface area contributed by atoms with Crippen molar-refractivity contribution < 1.29 is 4.74 Å². The van der Waals surface area contributed by atoms with Crippen LogP contribution in [-0.4, -0.2) is 12.2 Å². The first-order valence-electron chi connectivity index (χ1n) is 5.15. The summed E-state index contributed by atoms with van der Waals surface area (Å²) in [4.78, 5) is 0. The molecule has 0 spiro atoms. The number of hydrogen-bond donors (Lipinski definition) is 0. The lowest BCUT2D eigenvalue weighted by atomic mass is 9.72. The average molecular weight is 170 g/mol. The molecule has 12 heavy (non-hydrogen) atoms. The van der Waals surface area contributed by atoms with Crippen molar-refractivity contribution in [1.29, 1.82) is 0 Å². The van der Waals surface area contributed by atoms with Gasteiger partial charge >= 0.3 is 0 Å². The molecule has 1 rings (SSSR count). The van der Waals surface area contributed by atoms with Crippen molar-refractivity contribution in [2.75, 3.05) is 6.61 Å². The highest BCUT2D eigenvalue weighted by Crippen LogP contribution is 2.39. The van der Waals surface area contributed by atoms with Crippen LogP contribution in [0.5, 0.6) is 0 Å². The fraction of sp³-hybridized carbons (Fsp3) is 1.00. The molecule has 0 bridgehead atoms. The number of hydrogen-bond acceptors (Lipinski definition) is 1. The molecule has 0 N–H and O–H groups in total. The van der Waals surface area contributed by atoms with Gasteiger partial charge in [-0.15, -0.1) is 0 Å². The van der Waals surface area contributed by atoms with Crippen LogP contribution in [0.2, 0.25) is 0 Å². The van der Waals surface area contributed by atoms with Crippen LogP contribution in [0.4, 0.5) is 0 Å². The normalized spacial score (nSPS) is 49.2. The van der Waals surface area contributed by atoms with Crippen LogP contribution in [0.1, 0.15) is 41.0 Å². The zero-order chi connectivity index (χ0) is 9.35. The van der Waals surface area contributed by atoms with Crippen molar-refractivity contribution in [1.82, 2.24) is 0 Å². The standard InChI is InChI=1S/C11H22O/c1-6-11(5)10(4)9(3)8(2)7-12-11/h8-10H,6-7H2,1-5H3. The Labute approximate surface area is 76.5 Å². The van der Waals surface area contributed by atoms with E-state index in [1.54, 1.807) is 0 Å². The highest BCUT2D eigenvalue weighted by Gasteiger charge is 2.40. The van der Waals surface area contributed by atoms with Gasteiger partial charge < -0.3 is 4.74 Å². The first kappa shape index (κ1) is 10.0. The summed E-state index contributed by atoms with van der Waals surface area (Å²) in [7, 11) is 0. The Hall–Kier alpha value is -0.0400. The molecule has 0 aromatic rings. The fourth-order valence-corrected chi connectivity index (χ4v) is 2.08. The molecule has 72 valence electrons. The Kier molecular flexibility index (Phi) is 2.82. The van der Waals surface area contributed by atoms with Gasteiger partial charge in [-0.25, -0.2) is 0 Å². The predicted molar refractivity (Wildman–Crippen MR) is 52.1 cm³/mol. The molecule has 1 aliphatic heterocycles. The van der Waals surface area contributed by atoms with Crippen LogP contribution in [-0.2, 0) is 4.74 Å². The van der Waals surface area contributed by atoms with Gasteiger partial charge in [-0.05, 0) is 31.1 Å². The van der Waals surface area contributed by atoms with E-state index >= 15 is 0 Å². The first-order valence-corrected chi connectivity index (χ1v) is 5.15. The maximum atomic E-state index is 5.91. The predicted octanol–water partition coefficient (Wildman–Crippen LogP) is 3.09. The number of rotatable bonds is 1. The smallest absolute Gasteiger partial charge is 0.0680 e. The Morgan fingerprint density at radius 2 is 1.92 bits per heavy atom. The lowest BCUT2D eigenvalue weighted by molar-refractivity contribution is -0.146. The SMILES string of the molecule is CCC1(C)OCC(C)C(C)C1C. The van der Waals surface area contributed by atoms with Gasteiger partial charge in [-0.1, -0.05) is 27.7 Å². The van der Waals surface area contributed by atoms with Gasteiger partial charge in [0.05, 0.1) is 12.2 Å². The van der Waals surface area contributed by atoms with E-state index in [9.17, 15) is 0 Å². The van der Waals surface area contributed by atoms with Crippen molar-refractivity contribution in [2.24, 2.45) is 17.8 Å². The van der Waals surface area contributed by atoms with E-state index in [0.717, 1.165) is 24.9 Å². The molecule has 0 aliphatic carbocycles. The molecule has 4 unspecified atom stereocenters. The molecule has 1 aliphatic rings. The van der Waals surface area contributed by atoms with E-state index in [-0.39, 0.29) is 5.60 Å². The molecule has 0 radical (unpaired) electrons. The van der Waals surface area contributed by atoms with E-state index in [1.165, 1.54) is 0 Å². The summed E-state index contributed by atoms with van der Waals surface area (Å²) in [5, 5.41) is 0. The quantitative estimate of drug-likeness (QED) is 0.587. The minimum absolute atomic E-state index is 0.131. The van der Waals surface area contributed by atoms with Gasteiger partial charge in [-0.2, -0.15) is 0 Å². The van der Waals surface area contributed by atoms with Crippen LogP contribution >= 0.6 is 0 Å².